The lowest BCUT2D eigenvalue weighted by molar-refractivity contribution is 0.0698. The van der Waals surface area contributed by atoms with Gasteiger partial charge < -0.3 is 5.11 Å². The minimum Gasteiger partial charge on any atom is -0.477 e. The number of halogens is 1. The van der Waals surface area contributed by atoms with Crippen molar-refractivity contribution in [2.45, 2.75) is 11.3 Å². The molecule has 1 N–H and O–H groups in total. The van der Waals surface area contributed by atoms with Crippen molar-refractivity contribution in [2.75, 3.05) is 10.8 Å². The Kier molecular flexibility index (Phi) is 3.22. The molecule has 0 spiro atoms. The first-order chi connectivity index (χ1) is 9.91. The summed E-state index contributed by atoms with van der Waals surface area (Å²) in [6.07, 6.45) is 0.474. The van der Waals surface area contributed by atoms with Gasteiger partial charge in [0, 0.05) is 6.54 Å². The Bertz CT molecular complexity index is 828. The molecule has 1 aromatic heterocycles. The van der Waals surface area contributed by atoms with Crippen molar-refractivity contribution in [3.8, 4) is 0 Å². The van der Waals surface area contributed by atoms with Crippen molar-refractivity contribution in [1.82, 2.24) is 0 Å². The standard InChI is InChI=1S/C13H10FNO4S2/c14-9-2-1-8-3-5-15(10(8)7-9)21(18,19)11-4-6-20-12(11)13(16)17/h1-2,4,6-7H,3,5H2,(H,16,17). The first kappa shape index (κ1) is 14.0. The maximum absolute atomic E-state index is 13.4. The highest BCUT2D eigenvalue weighted by Crippen LogP contribution is 2.35. The summed E-state index contributed by atoms with van der Waals surface area (Å²) in [5.74, 6) is -1.82. The topological polar surface area (TPSA) is 74.7 Å². The van der Waals surface area contributed by atoms with Gasteiger partial charge in [-0.05, 0) is 35.6 Å². The van der Waals surface area contributed by atoms with E-state index in [2.05, 4.69) is 0 Å². The van der Waals surface area contributed by atoms with Gasteiger partial charge in [0.25, 0.3) is 10.0 Å². The number of fused-ring (bicyclic) bond motifs is 1. The number of hydrogen-bond acceptors (Lipinski definition) is 4. The summed E-state index contributed by atoms with van der Waals surface area (Å²) < 4.78 is 39.7. The Morgan fingerprint density at radius 3 is 2.81 bits per heavy atom. The maximum Gasteiger partial charge on any atom is 0.347 e. The van der Waals surface area contributed by atoms with Crippen LogP contribution in [-0.2, 0) is 16.4 Å². The lowest BCUT2D eigenvalue weighted by Crippen LogP contribution is -2.29. The van der Waals surface area contributed by atoms with E-state index in [0.717, 1.165) is 27.3 Å². The summed E-state index contributed by atoms with van der Waals surface area (Å²) in [6.45, 7) is 0.177. The molecule has 0 aliphatic carbocycles. The Morgan fingerprint density at radius 1 is 1.33 bits per heavy atom. The highest BCUT2D eigenvalue weighted by Gasteiger charge is 2.34. The Balaban J connectivity index is 2.11. The van der Waals surface area contributed by atoms with Gasteiger partial charge in [-0.3, -0.25) is 4.31 Å². The summed E-state index contributed by atoms with van der Waals surface area (Å²) in [5.41, 5.74) is 1.00. The van der Waals surface area contributed by atoms with Crippen molar-refractivity contribution in [3.63, 3.8) is 0 Å². The molecule has 1 aliphatic rings. The molecule has 1 aliphatic heterocycles. The van der Waals surface area contributed by atoms with E-state index in [0.29, 0.717) is 6.42 Å². The third kappa shape index (κ3) is 2.20. The predicted molar refractivity (Wildman–Crippen MR) is 75.9 cm³/mol. The number of carboxylic acids is 1. The molecule has 5 nitrogen and oxygen atoms in total. The Morgan fingerprint density at radius 2 is 2.10 bits per heavy atom. The predicted octanol–water partition coefficient (Wildman–Crippen LogP) is 2.34. The molecule has 0 saturated carbocycles. The molecule has 0 fully saturated rings. The largest absolute Gasteiger partial charge is 0.477 e. The number of carbonyl (C=O) groups is 1. The van der Waals surface area contributed by atoms with Crippen LogP contribution >= 0.6 is 11.3 Å². The molecule has 8 heteroatoms. The molecule has 0 saturated heterocycles. The van der Waals surface area contributed by atoms with Crippen LogP contribution in [0.3, 0.4) is 0 Å². The van der Waals surface area contributed by atoms with E-state index in [1.165, 1.54) is 17.5 Å². The van der Waals surface area contributed by atoms with E-state index in [-0.39, 0.29) is 22.0 Å². The number of sulfonamides is 1. The smallest absolute Gasteiger partial charge is 0.347 e. The van der Waals surface area contributed by atoms with Gasteiger partial charge in [0.1, 0.15) is 15.6 Å². The van der Waals surface area contributed by atoms with Crippen molar-refractivity contribution in [3.05, 3.63) is 45.9 Å². The first-order valence-electron chi connectivity index (χ1n) is 6.03. The summed E-state index contributed by atoms with van der Waals surface area (Å²) in [6, 6.07) is 5.25. The molecule has 0 radical (unpaired) electrons. The fraction of sp³-hybridized carbons (Fsp3) is 0.154. The van der Waals surface area contributed by atoms with Crippen LogP contribution in [-0.4, -0.2) is 26.0 Å². The van der Waals surface area contributed by atoms with E-state index in [4.69, 9.17) is 5.11 Å². The van der Waals surface area contributed by atoms with Crippen LogP contribution in [0.4, 0.5) is 10.1 Å². The van der Waals surface area contributed by atoms with Crippen molar-refractivity contribution in [2.24, 2.45) is 0 Å². The van der Waals surface area contributed by atoms with Crippen molar-refractivity contribution >= 4 is 33.0 Å². The van der Waals surface area contributed by atoms with Crippen LogP contribution in [0.25, 0.3) is 0 Å². The molecule has 3 rings (SSSR count). The van der Waals surface area contributed by atoms with Crippen LogP contribution in [0.2, 0.25) is 0 Å². The summed E-state index contributed by atoms with van der Waals surface area (Å²) in [4.78, 5) is 10.6. The van der Waals surface area contributed by atoms with Crippen LogP contribution in [0.15, 0.2) is 34.5 Å². The molecule has 0 amide bonds. The molecule has 0 atom stereocenters. The Hall–Kier alpha value is -1.93. The van der Waals surface area contributed by atoms with Gasteiger partial charge in [0.05, 0.1) is 5.69 Å². The van der Waals surface area contributed by atoms with Gasteiger partial charge in [-0.2, -0.15) is 0 Å². The number of anilines is 1. The highest BCUT2D eigenvalue weighted by molar-refractivity contribution is 7.93. The van der Waals surface area contributed by atoms with Crippen LogP contribution in [0.1, 0.15) is 15.2 Å². The van der Waals surface area contributed by atoms with Crippen LogP contribution < -0.4 is 4.31 Å². The monoisotopic (exact) mass is 327 g/mol. The van der Waals surface area contributed by atoms with Crippen molar-refractivity contribution in [1.29, 1.82) is 0 Å². The average molecular weight is 327 g/mol. The molecule has 110 valence electrons. The zero-order valence-corrected chi connectivity index (χ0v) is 12.2. The summed E-state index contributed by atoms with van der Waals surface area (Å²) >= 11 is 0.848. The minimum atomic E-state index is -4.00. The quantitative estimate of drug-likeness (QED) is 0.939. The fourth-order valence-corrected chi connectivity index (χ4v) is 5.08. The summed E-state index contributed by atoms with van der Waals surface area (Å²) in [5, 5.41) is 10.5. The maximum atomic E-state index is 13.4. The van der Waals surface area contributed by atoms with Gasteiger partial charge in [-0.25, -0.2) is 17.6 Å². The van der Waals surface area contributed by atoms with E-state index in [9.17, 15) is 17.6 Å². The molecule has 1 aromatic carbocycles. The average Bonchev–Trinajstić information content (AvgIpc) is 3.05. The second-order valence-corrected chi connectivity index (χ2v) is 7.27. The number of hydrogen-bond donors (Lipinski definition) is 1. The van der Waals surface area contributed by atoms with Crippen LogP contribution in [0.5, 0.6) is 0 Å². The number of carboxylic acid groups (broad SMARTS) is 1. The zero-order valence-electron chi connectivity index (χ0n) is 10.6. The fourth-order valence-electron chi connectivity index (χ4n) is 2.35. The molecular formula is C13H10FNO4S2. The molecule has 0 unspecified atom stereocenters. The van der Waals surface area contributed by atoms with Gasteiger partial charge in [0.2, 0.25) is 0 Å². The molecule has 21 heavy (non-hydrogen) atoms. The van der Waals surface area contributed by atoms with Gasteiger partial charge in [-0.1, -0.05) is 6.07 Å². The number of aromatic carboxylic acids is 1. The highest BCUT2D eigenvalue weighted by atomic mass is 32.2. The van der Waals surface area contributed by atoms with Crippen LogP contribution in [0, 0.1) is 5.82 Å². The van der Waals surface area contributed by atoms with E-state index >= 15 is 0 Å². The lowest BCUT2D eigenvalue weighted by atomic mass is 10.2. The normalized spacial score (nSPS) is 14.2. The van der Waals surface area contributed by atoms with E-state index < -0.39 is 21.8 Å². The van der Waals surface area contributed by atoms with Gasteiger partial charge >= 0.3 is 5.97 Å². The molecular weight excluding hydrogens is 317 g/mol. The summed E-state index contributed by atoms with van der Waals surface area (Å²) in [7, 11) is -4.00. The third-order valence-electron chi connectivity index (χ3n) is 3.29. The van der Waals surface area contributed by atoms with Gasteiger partial charge in [-0.15, -0.1) is 11.3 Å². The molecule has 2 heterocycles. The van der Waals surface area contributed by atoms with Gasteiger partial charge in [0.15, 0.2) is 0 Å². The first-order valence-corrected chi connectivity index (χ1v) is 8.35. The third-order valence-corrected chi connectivity index (χ3v) is 6.18. The van der Waals surface area contributed by atoms with Crippen molar-refractivity contribution < 1.29 is 22.7 Å². The second kappa shape index (κ2) is 4.81. The second-order valence-electron chi connectivity index (χ2n) is 4.52. The molecule has 2 aromatic rings. The minimum absolute atomic E-state index is 0.177. The lowest BCUT2D eigenvalue weighted by Gasteiger charge is -2.19. The van der Waals surface area contributed by atoms with E-state index in [1.807, 2.05) is 0 Å². The number of nitrogens with zero attached hydrogens (tertiary/aromatic N) is 1. The molecule has 0 bridgehead atoms. The number of rotatable bonds is 3. The van der Waals surface area contributed by atoms with E-state index in [1.54, 1.807) is 6.07 Å². The number of benzene rings is 1. The zero-order chi connectivity index (χ0) is 15.2. The number of thiophene rings is 1. The SMILES string of the molecule is O=C(O)c1sccc1S(=O)(=O)N1CCc2ccc(F)cc21. The Labute approximate surface area is 124 Å².